The molecule has 0 aromatic rings. The summed E-state index contributed by atoms with van der Waals surface area (Å²) in [7, 11) is 6.06. The van der Waals surface area contributed by atoms with Crippen molar-refractivity contribution in [3.63, 3.8) is 0 Å². The highest BCUT2D eigenvalue weighted by atomic mass is 16.5. The molecule has 0 aliphatic heterocycles. The fourth-order valence-corrected chi connectivity index (χ4v) is 2.69. The Morgan fingerprint density at radius 3 is 2.56 bits per heavy atom. The average molecular weight is 228 g/mol. The van der Waals surface area contributed by atoms with Gasteiger partial charge in [0.05, 0.1) is 6.61 Å². The predicted octanol–water partition coefficient (Wildman–Crippen LogP) is 1.73. The normalized spacial score (nSPS) is 20.2. The van der Waals surface area contributed by atoms with Crippen LogP contribution in [0.4, 0.5) is 0 Å². The third-order valence-corrected chi connectivity index (χ3v) is 3.78. The van der Waals surface area contributed by atoms with Crippen LogP contribution in [0.1, 0.15) is 32.1 Å². The summed E-state index contributed by atoms with van der Waals surface area (Å²) in [5, 5.41) is 3.50. The predicted molar refractivity (Wildman–Crippen MR) is 68.8 cm³/mol. The van der Waals surface area contributed by atoms with E-state index in [1.807, 2.05) is 0 Å². The second-order valence-corrected chi connectivity index (χ2v) is 5.05. The van der Waals surface area contributed by atoms with Crippen molar-refractivity contribution < 1.29 is 4.74 Å². The summed E-state index contributed by atoms with van der Waals surface area (Å²) in [6.07, 6.45) is 7.09. The maximum atomic E-state index is 5.11. The summed E-state index contributed by atoms with van der Waals surface area (Å²) in [4.78, 5) is 2.37. The smallest absolute Gasteiger partial charge is 0.0589 e. The zero-order valence-corrected chi connectivity index (χ0v) is 11.2. The van der Waals surface area contributed by atoms with Crippen LogP contribution in [-0.2, 0) is 4.74 Å². The second kappa shape index (κ2) is 8.04. The number of hydrogen-bond donors (Lipinski definition) is 1. The van der Waals surface area contributed by atoms with Gasteiger partial charge in [-0.3, -0.25) is 0 Å². The number of likely N-dealkylation sites (N-methyl/N-ethyl adjacent to an activating group) is 2. The first-order valence-electron chi connectivity index (χ1n) is 6.62. The van der Waals surface area contributed by atoms with Crippen LogP contribution in [-0.4, -0.2) is 51.8 Å². The molecule has 96 valence electrons. The molecule has 1 fully saturated rings. The van der Waals surface area contributed by atoms with Gasteiger partial charge in [0, 0.05) is 26.2 Å². The topological polar surface area (TPSA) is 24.5 Å². The van der Waals surface area contributed by atoms with Crippen LogP contribution >= 0.6 is 0 Å². The first-order valence-corrected chi connectivity index (χ1v) is 6.62. The van der Waals surface area contributed by atoms with Crippen molar-refractivity contribution in [1.29, 1.82) is 0 Å². The summed E-state index contributed by atoms with van der Waals surface area (Å²) < 4.78 is 5.11. The van der Waals surface area contributed by atoms with Crippen molar-refractivity contribution in [1.82, 2.24) is 10.2 Å². The highest BCUT2D eigenvalue weighted by Crippen LogP contribution is 2.26. The largest absolute Gasteiger partial charge is 0.383 e. The Labute approximate surface area is 101 Å². The monoisotopic (exact) mass is 228 g/mol. The molecule has 0 aromatic heterocycles. The van der Waals surface area contributed by atoms with Gasteiger partial charge in [-0.05, 0) is 32.9 Å². The Bertz CT molecular complexity index is 169. The van der Waals surface area contributed by atoms with Gasteiger partial charge in [0.25, 0.3) is 0 Å². The number of nitrogens with zero attached hydrogens (tertiary/aromatic N) is 1. The third-order valence-electron chi connectivity index (χ3n) is 3.78. The highest BCUT2D eigenvalue weighted by molar-refractivity contribution is 4.80. The van der Waals surface area contributed by atoms with E-state index in [1.54, 1.807) is 7.11 Å². The van der Waals surface area contributed by atoms with E-state index in [4.69, 9.17) is 4.74 Å². The molecule has 3 heteroatoms. The minimum absolute atomic E-state index is 0.655. The van der Waals surface area contributed by atoms with Gasteiger partial charge in [-0.25, -0.2) is 0 Å². The lowest BCUT2D eigenvalue weighted by Gasteiger charge is -2.32. The van der Waals surface area contributed by atoms with Crippen molar-refractivity contribution in [2.75, 3.05) is 40.9 Å². The summed E-state index contributed by atoms with van der Waals surface area (Å²) in [5.74, 6) is 0.878. The van der Waals surface area contributed by atoms with Crippen LogP contribution in [0.2, 0.25) is 0 Å². The highest BCUT2D eigenvalue weighted by Gasteiger charge is 2.23. The molecule has 1 N–H and O–H groups in total. The third kappa shape index (κ3) is 4.81. The van der Waals surface area contributed by atoms with E-state index >= 15 is 0 Å². The van der Waals surface area contributed by atoms with E-state index in [9.17, 15) is 0 Å². The molecule has 1 rings (SSSR count). The second-order valence-electron chi connectivity index (χ2n) is 5.05. The molecule has 1 aliphatic rings. The molecular formula is C13H28N2O. The summed E-state index contributed by atoms with van der Waals surface area (Å²) in [6, 6.07) is 0.655. The first kappa shape index (κ1) is 13.9. The number of nitrogens with one attached hydrogen (secondary N) is 1. The molecule has 0 saturated heterocycles. The number of rotatable bonds is 7. The zero-order valence-electron chi connectivity index (χ0n) is 11.2. The average Bonchev–Trinajstić information content (AvgIpc) is 2.34. The van der Waals surface area contributed by atoms with Gasteiger partial charge in [-0.1, -0.05) is 19.3 Å². The molecule has 1 saturated carbocycles. The quantitative estimate of drug-likeness (QED) is 0.718. The van der Waals surface area contributed by atoms with E-state index in [-0.39, 0.29) is 0 Å². The Kier molecular flexibility index (Phi) is 7.01. The van der Waals surface area contributed by atoms with Crippen molar-refractivity contribution in [2.24, 2.45) is 5.92 Å². The molecule has 0 spiro atoms. The number of methoxy groups -OCH3 is 1. The Balaban J connectivity index is 2.29. The maximum absolute atomic E-state index is 5.11. The summed E-state index contributed by atoms with van der Waals surface area (Å²) >= 11 is 0. The molecule has 0 aromatic carbocycles. The molecule has 1 aliphatic carbocycles. The van der Waals surface area contributed by atoms with Gasteiger partial charge in [0.2, 0.25) is 0 Å². The number of hydrogen-bond acceptors (Lipinski definition) is 3. The van der Waals surface area contributed by atoms with Crippen LogP contribution in [0.15, 0.2) is 0 Å². The number of ether oxygens (including phenoxy) is 1. The summed E-state index contributed by atoms with van der Waals surface area (Å²) in [5.41, 5.74) is 0. The van der Waals surface area contributed by atoms with Crippen LogP contribution in [0.25, 0.3) is 0 Å². The Hall–Kier alpha value is -0.120. The first-order chi connectivity index (χ1) is 7.77. The van der Waals surface area contributed by atoms with E-state index in [0.29, 0.717) is 6.04 Å². The van der Waals surface area contributed by atoms with Gasteiger partial charge < -0.3 is 15.0 Å². The fourth-order valence-electron chi connectivity index (χ4n) is 2.69. The zero-order chi connectivity index (χ0) is 11.8. The lowest BCUT2D eigenvalue weighted by atomic mass is 9.84. The van der Waals surface area contributed by atoms with Crippen molar-refractivity contribution in [2.45, 2.75) is 38.1 Å². The van der Waals surface area contributed by atoms with Crippen molar-refractivity contribution >= 4 is 0 Å². The van der Waals surface area contributed by atoms with Crippen molar-refractivity contribution in [3.05, 3.63) is 0 Å². The molecule has 0 bridgehead atoms. The molecule has 0 amide bonds. The maximum Gasteiger partial charge on any atom is 0.0589 e. The van der Waals surface area contributed by atoms with E-state index in [2.05, 4.69) is 24.3 Å². The van der Waals surface area contributed by atoms with Crippen molar-refractivity contribution in [3.8, 4) is 0 Å². The van der Waals surface area contributed by atoms with Gasteiger partial charge in [-0.2, -0.15) is 0 Å². The van der Waals surface area contributed by atoms with E-state index < -0.39 is 0 Å². The molecular weight excluding hydrogens is 200 g/mol. The molecule has 1 atom stereocenters. The van der Waals surface area contributed by atoms with Gasteiger partial charge >= 0.3 is 0 Å². The fraction of sp³-hybridized carbons (Fsp3) is 1.00. The van der Waals surface area contributed by atoms with Gasteiger partial charge in [0.1, 0.15) is 0 Å². The Morgan fingerprint density at radius 2 is 2.00 bits per heavy atom. The van der Waals surface area contributed by atoms with Crippen LogP contribution in [0.3, 0.4) is 0 Å². The minimum Gasteiger partial charge on any atom is -0.383 e. The van der Waals surface area contributed by atoms with Gasteiger partial charge in [-0.15, -0.1) is 0 Å². The molecule has 0 heterocycles. The van der Waals surface area contributed by atoms with Crippen LogP contribution in [0.5, 0.6) is 0 Å². The van der Waals surface area contributed by atoms with Gasteiger partial charge in [0.15, 0.2) is 0 Å². The molecule has 16 heavy (non-hydrogen) atoms. The molecule has 1 unspecified atom stereocenters. The molecule has 3 nitrogen and oxygen atoms in total. The van der Waals surface area contributed by atoms with Crippen LogP contribution < -0.4 is 5.32 Å². The minimum atomic E-state index is 0.655. The lowest BCUT2D eigenvalue weighted by molar-refractivity contribution is 0.144. The molecule has 0 radical (unpaired) electrons. The Morgan fingerprint density at radius 1 is 1.31 bits per heavy atom. The van der Waals surface area contributed by atoms with E-state index in [1.165, 1.54) is 32.1 Å². The SMILES string of the molecule is CNC(CN(C)CCOC)C1CCCCC1. The van der Waals surface area contributed by atoms with E-state index in [0.717, 1.165) is 25.6 Å². The van der Waals surface area contributed by atoms with Crippen LogP contribution in [0, 0.1) is 5.92 Å². The standard InChI is InChI=1S/C13H28N2O/c1-14-13(11-15(2)9-10-16-3)12-7-5-4-6-8-12/h12-14H,4-11H2,1-3H3. The summed E-state index contributed by atoms with van der Waals surface area (Å²) in [6.45, 7) is 3.00. The lowest BCUT2D eigenvalue weighted by Crippen LogP contribution is -2.44.